The molecule has 0 saturated carbocycles. The molecule has 0 saturated heterocycles. The van der Waals surface area contributed by atoms with Gasteiger partial charge in [0.1, 0.15) is 5.75 Å². The molecule has 2 rings (SSSR count). The molecule has 0 bridgehead atoms. The Hall–Kier alpha value is -1.07. The van der Waals surface area contributed by atoms with Crippen molar-refractivity contribution >= 4 is 38.7 Å². The van der Waals surface area contributed by atoms with E-state index in [0.717, 1.165) is 5.75 Å². The predicted octanol–water partition coefficient (Wildman–Crippen LogP) is 2.24. The van der Waals surface area contributed by atoms with Crippen molar-refractivity contribution in [3.05, 3.63) is 30.3 Å². The van der Waals surface area contributed by atoms with Crippen molar-refractivity contribution in [3.8, 4) is 5.75 Å². The summed E-state index contributed by atoms with van der Waals surface area (Å²) >= 11 is 0. The number of benzene rings is 2. The number of ether oxygens (including phenoxy) is 1. The van der Waals surface area contributed by atoms with Crippen LogP contribution in [0.15, 0.2) is 30.3 Å². The van der Waals surface area contributed by atoms with E-state index < -0.39 is 17.6 Å². The van der Waals surface area contributed by atoms with Crippen LogP contribution in [0.25, 0.3) is 10.8 Å². The van der Waals surface area contributed by atoms with Crippen LogP contribution in [0.3, 0.4) is 0 Å². The lowest BCUT2D eigenvalue weighted by molar-refractivity contribution is 0.418. The standard InChI is InChI=1S/C15H22OSi2/c1-16-14-9-6-11-10-12(17(2)3)7-8-13(11)15(14)18(4)5/h6-10,17-18H,1-5H3. The first-order chi connectivity index (χ1) is 8.54. The molecule has 2 aromatic rings. The van der Waals surface area contributed by atoms with Gasteiger partial charge in [0.05, 0.1) is 24.7 Å². The fraction of sp³-hybridized carbons (Fsp3) is 0.333. The molecule has 0 unspecified atom stereocenters. The quantitative estimate of drug-likeness (QED) is 0.780. The summed E-state index contributed by atoms with van der Waals surface area (Å²) in [7, 11) is 0.168. The molecule has 1 nitrogen and oxygen atoms in total. The molecule has 0 heterocycles. The van der Waals surface area contributed by atoms with Gasteiger partial charge in [-0.15, -0.1) is 0 Å². The minimum atomic E-state index is -0.890. The lowest BCUT2D eigenvalue weighted by atomic mass is 10.1. The molecule has 0 N–H and O–H groups in total. The van der Waals surface area contributed by atoms with Gasteiger partial charge in [-0.1, -0.05) is 55.6 Å². The second-order valence-corrected chi connectivity index (χ2v) is 11.3. The van der Waals surface area contributed by atoms with Crippen LogP contribution < -0.4 is 15.1 Å². The Labute approximate surface area is 113 Å². The maximum atomic E-state index is 5.54. The van der Waals surface area contributed by atoms with Crippen LogP contribution in [0.2, 0.25) is 26.2 Å². The van der Waals surface area contributed by atoms with Crippen molar-refractivity contribution in [1.29, 1.82) is 0 Å². The average Bonchev–Trinajstić information content (AvgIpc) is 2.36. The monoisotopic (exact) mass is 274 g/mol. The van der Waals surface area contributed by atoms with Gasteiger partial charge in [0.25, 0.3) is 0 Å². The van der Waals surface area contributed by atoms with E-state index in [1.165, 1.54) is 16.0 Å². The van der Waals surface area contributed by atoms with Crippen LogP contribution in [0, 0.1) is 0 Å². The number of methoxy groups -OCH3 is 1. The first-order valence-electron chi connectivity index (χ1n) is 6.65. The van der Waals surface area contributed by atoms with Crippen molar-refractivity contribution < 1.29 is 4.74 Å². The zero-order chi connectivity index (χ0) is 13.3. The molecular formula is C15H22OSi2. The smallest absolute Gasteiger partial charge is 0.118 e. The third kappa shape index (κ3) is 2.38. The van der Waals surface area contributed by atoms with Gasteiger partial charge in [0.2, 0.25) is 0 Å². The fourth-order valence-electron chi connectivity index (χ4n) is 2.48. The molecule has 0 amide bonds. The Morgan fingerprint density at radius 1 is 0.889 bits per heavy atom. The van der Waals surface area contributed by atoms with Gasteiger partial charge in [-0.25, -0.2) is 0 Å². The lowest BCUT2D eigenvalue weighted by Crippen LogP contribution is -2.27. The molecule has 3 heteroatoms. The van der Waals surface area contributed by atoms with Gasteiger partial charge in [-0.05, 0) is 22.0 Å². The van der Waals surface area contributed by atoms with Crippen LogP contribution >= 0.6 is 0 Å². The minimum Gasteiger partial charge on any atom is -0.497 e. The Bertz CT molecular complexity index is 562. The van der Waals surface area contributed by atoms with E-state index in [2.05, 4.69) is 56.5 Å². The molecule has 0 aliphatic carbocycles. The Morgan fingerprint density at radius 2 is 1.61 bits per heavy atom. The van der Waals surface area contributed by atoms with Gasteiger partial charge in [0, 0.05) is 0 Å². The molecule has 0 fully saturated rings. The van der Waals surface area contributed by atoms with E-state index in [1.54, 1.807) is 12.3 Å². The van der Waals surface area contributed by atoms with Crippen LogP contribution in [0.5, 0.6) is 5.75 Å². The zero-order valence-corrected chi connectivity index (χ0v) is 14.3. The molecule has 18 heavy (non-hydrogen) atoms. The maximum Gasteiger partial charge on any atom is 0.118 e. The summed E-state index contributed by atoms with van der Waals surface area (Å²) in [5, 5.41) is 5.79. The van der Waals surface area contributed by atoms with E-state index >= 15 is 0 Å². The van der Waals surface area contributed by atoms with Crippen molar-refractivity contribution in [2.45, 2.75) is 26.2 Å². The first-order valence-corrected chi connectivity index (χ1v) is 12.4. The van der Waals surface area contributed by atoms with Crippen molar-refractivity contribution in [1.82, 2.24) is 0 Å². The molecule has 0 aliphatic heterocycles. The van der Waals surface area contributed by atoms with E-state index in [9.17, 15) is 0 Å². The van der Waals surface area contributed by atoms with Gasteiger partial charge in [-0.3, -0.25) is 0 Å². The van der Waals surface area contributed by atoms with Crippen LogP contribution in [0.1, 0.15) is 0 Å². The molecular weight excluding hydrogens is 252 g/mol. The van der Waals surface area contributed by atoms with Crippen LogP contribution in [-0.4, -0.2) is 24.7 Å². The number of hydrogen-bond donors (Lipinski definition) is 0. The highest BCUT2D eigenvalue weighted by atomic mass is 28.3. The molecule has 0 atom stereocenters. The Morgan fingerprint density at radius 3 is 2.17 bits per heavy atom. The summed E-state index contributed by atoms with van der Waals surface area (Å²) in [5.41, 5.74) is 0. The van der Waals surface area contributed by atoms with Crippen LogP contribution in [-0.2, 0) is 0 Å². The highest BCUT2D eigenvalue weighted by Gasteiger charge is 2.13. The highest BCUT2D eigenvalue weighted by Crippen LogP contribution is 2.19. The highest BCUT2D eigenvalue weighted by molar-refractivity contribution is 6.74. The first kappa shape index (κ1) is 13.4. The van der Waals surface area contributed by atoms with Gasteiger partial charge >= 0.3 is 0 Å². The zero-order valence-electron chi connectivity index (χ0n) is 11.9. The van der Waals surface area contributed by atoms with Crippen molar-refractivity contribution in [3.63, 3.8) is 0 Å². The fourth-order valence-corrected chi connectivity index (χ4v) is 5.15. The predicted molar refractivity (Wildman–Crippen MR) is 87.5 cm³/mol. The largest absolute Gasteiger partial charge is 0.497 e. The minimum absolute atomic E-state index is 0.716. The molecule has 0 aliphatic rings. The third-order valence-electron chi connectivity index (χ3n) is 3.51. The number of rotatable bonds is 3. The molecule has 0 aromatic heterocycles. The van der Waals surface area contributed by atoms with Crippen molar-refractivity contribution in [2.75, 3.05) is 7.11 Å². The number of fused-ring (bicyclic) bond motifs is 1. The Kier molecular flexibility index (Phi) is 3.92. The maximum absolute atomic E-state index is 5.54. The third-order valence-corrected chi connectivity index (χ3v) is 6.95. The van der Waals surface area contributed by atoms with Crippen molar-refractivity contribution in [2.24, 2.45) is 0 Å². The second kappa shape index (κ2) is 5.28. The summed E-state index contributed by atoms with van der Waals surface area (Å²) in [6.07, 6.45) is 0. The summed E-state index contributed by atoms with van der Waals surface area (Å²) in [5.74, 6) is 1.07. The molecule has 96 valence electrons. The Balaban J connectivity index is 2.70. The van der Waals surface area contributed by atoms with Gasteiger partial charge in [0.15, 0.2) is 0 Å². The van der Waals surface area contributed by atoms with E-state index in [4.69, 9.17) is 4.74 Å². The average molecular weight is 275 g/mol. The lowest BCUT2D eigenvalue weighted by Gasteiger charge is -2.15. The van der Waals surface area contributed by atoms with E-state index in [0.29, 0.717) is 0 Å². The number of hydrogen-bond acceptors (Lipinski definition) is 1. The topological polar surface area (TPSA) is 9.23 Å². The normalized spacial score (nSPS) is 11.5. The summed E-state index contributed by atoms with van der Waals surface area (Å²) in [6.45, 7) is 9.48. The summed E-state index contributed by atoms with van der Waals surface area (Å²) in [4.78, 5) is 0. The van der Waals surface area contributed by atoms with E-state index in [1.807, 2.05) is 0 Å². The molecule has 0 radical (unpaired) electrons. The summed E-state index contributed by atoms with van der Waals surface area (Å²) < 4.78 is 5.54. The molecule has 0 spiro atoms. The molecule has 2 aromatic carbocycles. The van der Waals surface area contributed by atoms with Gasteiger partial charge < -0.3 is 4.74 Å². The van der Waals surface area contributed by atoms with Crippen LogP contribution in [0.4, 0.5) is 0 Å². The van der Waals surface area contributed by atoms with E-state index in [-0.39, 0.29) is 0 Å². The second-order valence-electron chi connectivity index (χ2n) is 5.47. The SMILES string of the molecule is COc1ccc2cc([SiH](C)C)ccc2c1[SiH](C)C. The van der Waals surface area contributed by atoms with Gasteiger partial charge in [-0.2, -0.15) is 0 Å². The summed E-state index contributed by atoms with van der Waals surface area (Å²) in [6, 6.07) is 11.3.